The lowest BCUT2D eigenvalue weighted by Gasteiger charge is -2.12. The monoisotopic (exact) mass is 346 g/mol. The molecular formula is C17H15BrOS. The Bertz CT molecular complexity index is 715. The number of halogens is 1. The van der Waals surface area contributed by atoms with E-state index in [1.54, 1.807) is 7.11 Å². The van der Waals surface area contributed by atoms with Gasteiger partial charge in [-0.15, -0.1) is 11.3 Å². The number of rotatable bonds is 3. The minimum Gasteiger partial charge on any atom is -0.497 e. The summed E-state index contributed by atoms with van der Waals surface area (Å²) in [6.45, 7) is 2.12. The van der Waals surface area contributed by atoms with Gasteiger partial charge in [0, 0.05) is 9.58 Å². The molecule has 1 unspecified atom stereocenters. The molecule has 20 heavy (non-hydrogen) atoms. The highest BCUT2D eigenvalue weighted by atomic mass is 79.9. The molecule has 1 nitrogen and oxygen atoms in total. The van der Waals surface area contributed by atoms with Crippen LogP contribution in [0.15, 0.2) is 48.5 Å². The van der Waals surface area contributed by atoms with Crippen LogP contribution < -0.4 is 4.74 Å². The Hall–Kier alpha value is -1.32. The smallest absolute Gasteiger partial charge is 0.119 e. The van der Waals surface area contributed by atoms with Crippen molar-refractivity contribution >= 4 is 37.4 Å². The molecule has 3 heteroatoms. The first-order chi connectivity index (χ1) is 9.69. The van der Waals surface area contributed by atoms with Crippen molar-refractivity contribution in [2.45, 2.75) is 11.8 Å². The largest absolute Gasteiger partial charge is 0.497 e. The molecule has 0 aliphatic heterocycles. The van der Waals surface area contributed by atoms with Gasteiger partial charge in [0.1, 0.15) is 5.75 Å². The van der Waals surface area contributed by atoms with E-state index in [1.807, 2.05) is 17.4 Å². The Morgan fingerprint density at radius 3 is 2.60 bits per heavy atom. The highest BCUT2D eigenvalue weighted by molar-refractivity contribution is 9.09. The van der Waals surface area contributed by atoms with Gasteiger partial charge >= 0.3 is 0 Å². The van der Waals surface area contributed by atoms with Gasteiger partial charge in [-0.1, -0.05) is 40.2 Å². The highest BCUT2D eigenvalue weighted by Crippen LogP contribution is 2.39. The molecule has 3 rings (SSSR count). The predicted molar refractivity (Wildman–Crippen MR) is 90.3 cm³/mol. The van der Waals surface area contributed by atoms with E-state index >= 15 is 0 Å². The summed E-state index contributed by atoms with van der Waals surface area (Å²) in [5, 5.41) is 1.31. The number of aryl methyl sites for hydroxylation is 1. The third kappa shape index (κ3) is 2.48. The number of alkyl halides is 1. The van der Waals surface area contributed by atoms with Crippen molar-refractivity contribution in [2.75, 3.05) is 7.11 Å². The first-order valence-corrected chi connectivity index (χ1v) is 8.19. The van der Waals surface area contributed by atoms with Crippen molar-refractivity contribution in [2.24, 2.45) is 0 Å². The lowest BCUT2D eigenvalue weighted by atomic mass is 10.0. The summed E-state index contributed by atoms with van der Waals surface area (Å²) >= 11 is 5.68. The molecule has 1 atom stereocenters. The second kappa shape index (κ2) is 5.58. The highest BCUT2D eigenvalue weighted by Gasteiger charge is 2.15. The molecule has 0 saturated heterocycles. The summed E-state index contributed by atoms with van der Waals surface area (Å²) in [4.78, 5) is 1.56. The molecule has 0 aliphatic rings. The van der Waals surface area contributed by atoms with Crippen LogP contribution in [0, 0.1) is 6.92 Å². The van der Waals surface area contributed by atoms with E-state index in [0.717, 1.165) is 5.75 Å². The van der Waals surface area contributed by atoms with Crippen LogP contribution in [0.25, 0.3) is 10.1 Å². The molecule has 0 saturated carbocycles. The second-order valence-electron chi connectivity index (χ2n) is 4.77. The van der Waals surface area contributed by atoms with E-state index in [4.69, 9.17) is 4.74 Å². The Kier molecular flexibility index (Phi) is 3.81. The van der Waals surface area contributed by atoms with Crippen LogP contribution in [0.5, 0.6) is 5.75 Å². The normalized spacial score (nSPS) is 12.6. The maximum atomic E-state index is 5.27. The molecule has 0 aliphatic carbocycles. The van der Waals surface area contributed by atoms with Crippen molar-refractivity contribution in [3.05, 3.63) is 64.5 Å². The Labute approximate surface area is 131 Å². The number of benzene rings is 2. The average Bonchev–Trinajstić information content (AvgIpc) is 2.90. The molecule has 0 bridgehead atoms. The Morgan fingerprint density at radius 2 is 1.90 bits per heavy atom. The number of fused-ring (bicyclic) bond motifs is 1. The predicted octanol–water partition coefficient (Wildman–Crippen LogP) is 5.70. The summed E-state index contributed by atoms with van der Waals surface area (Å²) in [7, 11) is 1.70. The number of hydrogen-bond donors (Lipinski definition) is 0. The molecule has 102 valence electrons. The lowest BCUT2D eigenvalue weighted by Crippen LogP contribution is -1.94. The molecule has 1 aromatic heterocycles. The first kappa shape index (κ1) is 13.7. The average molecular weight is 347 g/mol. The minimum atomic E-state index is 0.228. The molecule has 2 aromatic carbocycles. The summed E-state index contributed by atoms with van der Waals surface area (Å²) in [6, 6.07) is 17.0. The fraction of sp³-hybridized carbons (Fsp3) is 0.176. The minimum absolute atomic E-state index is 0.228. The summed E-state index contributed by atoms with van der Waals surface area (Å²) in [5.74, 6) is 0.905. The molecule has 0 amide bonds. The Balaban J connectivity index is 2.01. The van der Waals surface area contributed by atoms with Crippen molar-refractivity contribution in [3.63, 3.8) is 0 Å². The van der Waals surface area contributed by atoms with E-state index in [1.165, 1.54) is 26.1 Å². The number of methoxy groups -OCH3 is 1. The molecule has 3 aromatic rings. The molecule has 0 spiro atoms. The number of thiophene rings is 1. The van der Waals surface area contributed by atoms with Crippen molar-refractivity contribution in [1.82, 2.24) is 0 Å². The number of hydrogen-bond acceptors (Lipinski definition) is 2. The van der Waals surface area contributed by atoms with E-state index < -0.39 is 0 Å². The van der Waals surface area contributed by atoms with Gasteiger partial charge in [0.25, 0.3) is 0 Å². The van der Waals surface area contributed by atoms with Crippen LogP contribution in [0.1, 0.15) is 20.8 Å². The van der Waals surface area contributed by atoms with Crippen LogP contribution in [-0.4, -0.2) is 7.11 Å². The van der Waals surface area contributed by atoms with Crippen LogP contribution in [-0.2, 0) is 0 Å². The van der Waals surface area contributed by atoms with E-state index in [0.29, 0.717) is 0 Å². The van der Waals surface area contributed by atoms with Crippen LogP contribution in [0.2, 0.25) is 0 Å². The van der Waals surface area contributed by atoms with Gasteiger partial charge < -0.3 is 4.74 Å². The van der Waals surface area contributed by atoms with Crippen LogP contribution in [0.3, 0.4) is 0 Å². The summed E-state index contributed by atoms with van der Waals surface area (Å²) < 4.78 is 6.60. The second-order valence-corrected chi connectivity index (χ2v) is 6.80. The SMILES string of the molecule is COc1ccc(C(Br)c2cc3ccccc3s2)c(C)c1. The Morgan fingerprint density at radius 1 is 1.10 bits per heavy atom. The fourth-order valence-corrected chi connectivity index (χ4v) is 4.33. The molecule has 0 fully saturated rings. The van der Waals surface area contributed by atoms with Gasteiger partial charge in [0.05, 0.1) is 11.9 Å². The zero-order valence-corrected chi connectivity index (χ0v) is 13.8. The third-order valence-corrected chi connectivity index (χ3v) is 5.91. The third-order valence-electron chi connectivity index (χ3n) is 3.44. The van der Waals surface area contributed by atoms with Gasteiger partial charge in [-0.3, -0.25) is 0 Å². The van der Waals surface area contributed by atoms with E-state index in [9.17, 15) is 0 Å². The fourth-order valence-electron chi connectivity index (χ4n) is 2.34. The van der Waals surface area contributed by atoms with Crippen LogP contribution >= 0.6 is 27.3 Å². The zero-order valence-electron chi connectivity index (χ0n) is 11.4. The van der Waals surface area contributed by atoms with Gasteiger partial charge in [-0.2, -0.15) is 0 Å². The van der Waals surface area contributed by atoms with Crippen LogP contribution in [0.4, 0.5) is 0 Å². The first-order valence-electron chi connectivity index (χ1n) is 6.46. The lowest BCUT2D eigenvalue weighted by molar-refractivity contribution is 0.414. The van der Waals surface area contributed by atoms with Gasteiger partial charge in [-0.25, -0.2) is 0 Å². The van der Waals surface area contributed by atoms with Gasteiger partial charge in [0.2, 0.25) is 0 Å². The molecular weight excluding hydrogens is 332 g/mol. The van der Waals surface area contributed by atoms with Gasteiger partial charge in [-0.05, 0) is 47.7 Å². The van der Waals surface area contributed by atoms with Crippen molar-refractivity contribution in [3.8, 4) is 5.75 Å². The topological polar surface area (TPSA) is 9.23 Å². The summed E-state index contributed by atoms with van der Waals surface area (Å²) in [6.07, 6.45) is 0. The molecule has 0 N–H and O–H groups in total. The van der Waals surface area contributed by atoms with Gasteiger partial charge in [0.15, 0.2) is 0 Å². The summed E-state index contributed by atoms with van der Waals surface area (Å²) in [5.41, 5.74) is 2.53. The van der Waals surface area contributed by atoms with Crippen molar-refractivity contribution < 1.29 is 4.74 Å². The quantitative estimate of drug-likeness (QED) is 0.552. The zero-order chi connectivity index (χ0) is 14.1. The maximum absolute atomic E-state index is 5.27. The molecule has 0 radical (unpaired) electrons. The standard InChI is InChI=1S/C17H15BrOS/c1-11-9-13(19-2)7-8-14(11)17(18)16-10-12-5-3-4-6-15(12)20-16/h3-10,17H,1-2H3. The maximum Gasteiger partial charge on any atom is 0.119 e. The molecule has 1 heterocycles. The van der Waals surface area contributed by atoms with E-state index in [2.05, 4.69) is 65.3 Å². The number of ether oxygens (including phenoxy) is 1. The van der Waals surface area contributed by atoms with Crippen molar-refractivity contribution in [1.29, 1.82) is 0 Å². The van der Waals surface area contributed by atoms with E-state index in [-0.39, 0.29) is 4.83 Å².